The number of hydrogen-bond acceptors (Lipinski definition) is 4. The van der Waals surface area contributed by atoms with Crippen LogP contribution in [-0.2, 0) is 0 Å². The molecule has 1 saturated heterocycles. The zero-order valence-electron chi connectivity index (χ0n) is 11.5. The summed E-state index contributed by atoms with van der Waals surface area (Å²) in [6, 6.07) is 4.86. The minimum absolute atomic E-state index is 0.603. The summed E-state index contributed by atoms with van der Waals surface area (Å²) in [7, 11) is 0. The molecule has 4 heteroatoms. The van der Waals surface area contributed by atoms with Crippen LogP contribution in [0.25, 0.3) is 0 Å². The molecule has 0 saturated carbocycles. The number of nitrogens with zero attached hydrogens (tertiary/aromatic N) is 2. The van der Waals surface area contributed by atoms with Crippen LogP contribution in [0.2, 0.25) is 0 Å². The Bertz CT molecular complexity index is 362. The normalized spacial score (nSPS) is 23.1. The number of aromatic nitrogens is 1. The molecule has 2 atom stereocenters. The van der Waals surface area contributed by atoms with Crippen molar-refractivity contribution < 1.29 is 0 Å². The van der Waals surface area contributed by atoms with Gasteiger partial charge in [-0.3, -0.25) is 0 Å². The number of rotatable bonds is 5. The highest BCUT2D eigenvalue weighted by atomic mass is 32.2. The van der Waals surface area contributed by atoms with Crippen LogP contribution in [-0.4, -0.2) is 35.1 Å². The van der Waals surface area contributed by atoms with Crippen LogP contribution in [0.1, 0.15) is 27.2 Å². The molecule has 2 rings (SSSR count). The van der Waals surface area contributed by atoms with Gasteiger partial charge in [0.1, 0.15) is 5.82 Å². The van der Waals surface area contributed by atoms with E-state index >= 15 is 0 Å². The lowest BCUT2D eigenvalue weighted by Gasteiger charge is -2.20. The van der Waals surface area contributed by atoms with Gasteiger partial charge in [0.05, 0.1) is 11.9 Å². The first-order chi connectivity index (χ1) is 8.72. The Balaban J connectivity index is 1.95. The Morgan fingerprint density at radius 1 is 1.39 bits per heavy atom. The average Bonchev–Trinajstić information content (AvgIpc) is 2.78. The van der Waals surface area contributed by atoms with Crippen molar-refractivity contribution in [3.05, 3.63) is 18.3 Å². The van der Waals surface area contributed by atoms with Gasteiger partial charge in [0.25, 0.3) is 0 Å². The van der Waals surface area contributed by atoms with Gasteiger partial charge in [-0.2, -0.15) is 11.8 Å². The Labute approximate surface area is 114 Å². The third-order valence-corrected chi connectivity index (χ3v) is 4.76. The Morgan fingerprint density at radius 3 is 2.67 bits per heavy atom. The van der Waals surface area contributed by atoms with Crippen molar-refractivity contribution in [1.29, 1.82) is 0 Å². The lowest BCUT2D eigenvalue weighted by Crippen LogP contribution is -2.23. The first-order valence-corrected chi connectivity index (χ1v) is 7.87. The fourth-order valence-electron chi connectivity index (χ4n) is 2.36. The van der Waals surface area contributed by atoms with E-state index in [4.69, 9.17) is 0 Å². The fraction of sp³-hybridized carbons (Fsp3) is 0.643. The zero-order valence-corrected chi connectivity index (χ0v) is 12.3. The molecule has 1 aromatic heterocycles. The molecule has 3 nitrogen and oxygen atoms in total. The van der Waals surface area contributed by atoms with E-state index in [1.807, 2.05) is 18.0 Å². The van der Waals surface area contributed by atoms with E-state index < -0.39 is 0 Å². The van der Waals surface area contributed by atoms with E-state index in [2.05, 4.69) is 48.1 Å². The molecule has 0 spiro atoms. The number of thioether (sulfide) groups is 1. The molecule has 1 N–H and O–H groups in total. The lowest BCUT2D eigenvalue weighted by atomic mass is 10.2. The van der Waals surface area contributed by atoms with Gasteiger partial charge < -0.3 is 10.2 Å². The molecule has 2 heterocycles. The van der Waals surface area contributed by atoms with Gasteiger partial charge >= 0.3 is 0 Å². The summed E-state index contributed by atoms with van der Waals surface area (Å²) in [5.41, 5.74) is 1.14. The van der Waals surface area contributed by atoms with Gasteiger partial charge in [0, 0.05) is 30.1 Å². The minimum atomic E-state index is 0.603. The average molecular weight is 265 g/mol. The van der Waals surface area contributed by atoms with E-state index in [-0.39, 0.29) is 0 Å². The first kappa shape index (κ1) is 13.5. The van der Waals surface area contributed by atoms with Gasteiger partial charge in [0.15, 0.2) is 0 Å². The van der Waals surface area contributed by atoms with Crippen LogP contribution in [0, 0.1) is 0 Å². The Morgan fingerprint density at radius 2 is 2.17 bits per heavy atom. The summed E-state index contributed by atoms with van der Waals surface area (Å²) in [5.74, 6) is 2.28. The minimum Gasteiger partial charge on any atom is -0.380 e. The van der Waals surface area contributed by atoms with Crippen molar-refractivity contribution in [2.24, 2.45) is 0 Å². The Hall–Kier alpha value is -0.900. The van der Waals surface area contributed by atoms with Gasteiger partial charge in [0.2, 0.25) is 0 Å². The number of hydrogen-bond donors (Lipinski definition) is 1. The highest BCUT2D eigenvalue weighted by molar-refractivity contribution is 8.00. The first-order valence-electron chi connectivity index (χ1n) is 6.82. The monoisotopic (exact) mass is 265 g/mol. The summed E-state index contributed by atoms with van der Waals surface area (Å²) in [6.45, 7) is 8.64. The van der Waals surface area contributed by atoms with Crippen molar-refractivity contribution >= 4 is 23.3 Å². The second kappa shape index (κ2) is 6.32. The van der Waals surface area contributed by atoms with Crippen LogP contribution in [0.15, 0.2) is 18.3 Å². The van der Waals surface area contributed by atoms with E-state index in [0.29, 0.717) is 6.04 Å². The SMILES string of the molecule is CCN(CC)c1ccc(NC2CSC(C)C2)cn1. The maximum atomic E-state index is 4.54. The molecule has 100 valence electrons. The fourth-order valence-corrected chi connectivity index (χ4v) is 3.51. The lowest BCUT2D eigenvalue weighted by molar-refractivity contribution is 0.746. The van der Waals surface area contributed by atoms with Gasteiger partial charge in [-0.1, -0.05) is 6.92 Å². The highest BCUT2D eigenvalue weighted by Gasteiger charge is 2.21. The van der Waals surface area contributed by atoms with Crippen molar-refractivity contribution in [1.82, 2.24) is 4.98 Å². The molecular formula is C14H23N3S. The molecule has 0 amide bonds. The molecule has 0 aliphatic carbocycles. The summed E-state index contributed by atoms with van der Waals surface area (Å²) >= 11 is 2.05. The van der Waals surface area contributed by atoms with Crippen LogP contribution in [0.5, 0.6) is 0 Å². The van der Waals surface area contributed by atoms with Gasteiger partial charge in [-0.15, -0.1) is 0 Å². The summed E-state index contributed by atoms with van der Waals surface area (Å²) in [5, 5.41) is 4.35. The van der Waals surface area contributed by atoms with Crippen LogP contribution >= 0.6 is 11.8 Å². The summed E-state index contributed by atoms with van der Waals surface area (Å²) in [4.78, 5) is 6.80. The smallest absolute Gasteiger partial charge is 0.128 e. The molecule has 0 radical (unpaired) electrons. The molecule has 1 fully saturated rings. The van der Waals surface area contributed by atoms with Crippen LogP contribution in [0.3, 0.4) is 0 Å². The second-order valence-corrected chi connectivity index (χ2v) is 6.27. The number of anilines is 2. The maximum absolute atomic E-state index is 4.54. The molecule has 1 aromatic rings. The predicted molar refractivity (Wildman–Crippen MR) is 81.7 cm³/mol. The largest absolute Gasteiger partial charge is 0.380 e. The number of nitrogens with one attached hydrogen (secondary N) is 1. The predicted octanol–water partition coefficient (Wildman–Crippen LogP) is 3.23. The summed E-state index contributed by atoms with van der Waals surface area (Å²) in [6.07, 6.45) is 3.21. The van der Waals surface area contributed by atoms with Crippen molar-refractivity contribution in [3.63, 3.8) is 0 Å². The third-order valence-electron chi connectivity index (χ3n) is 3.40. The zero-order chi connectivity index (χ0) is 13.0. The van der Waals surface area contributed by atoms with Crippen molar-refractivity contribution in [3.8, 4) is 0 Å². The van der Waals surface area contributed by atoms with E-state index in [1.54, 1.807) is 0 Å². The van der Waals surface area contributed by atoms with Crippen molar-refractivity contribution in [2.75, 3.05) is 29.1 Å². The highest BCUT2D eigenvalue weighted by Crippen LogP contribution is 2.28. The molecular weight excluding hydrogens is 242 g/mol. The Kier molecular flexibility index (Phi) is 4.75. The van der Waals surface area contributed by atoms with Gasteiger partial charge in [-0.25, -0.2) is 4.98 Å². The van der Waals surface area contributed by atoms with E-state index in [9.17, 15) is 0 Å². The molecule has 1 aliphatic rings. The molecule has 18 heavy (non-hydrogen) atoms. The second-order valence-electron chi connectivity index (χ2n) is 4.80. The van der Waals surface area contributed by atoms with Crippen LogP contribution in [0.4, 0.5) is 11.5 Å². The molecule has 0 aromatic carbocycles. The molecule has 1 aliphatic heterocycles. The van der Waals surface area contributed by atoms with Crippen LogP contribution < -0.4 is 10.2 Å². The molecule has 2 unspecified atom stereocenters. The van der Waals surface area contributed by atoms with Gasteiger partial charge in [-0.05, 0) is 32.4 Å². The molecule has 0 bridgehead atoms. The number of pyridine rings is 1. The third kappa shape index (κ3) is 3.31. The van der Waals surface area contributed by atoms with E-state index in [0.717, 1.165) is 29.8 Å². The summed E-state index contributed by atoms with van der Waals surface area (Å²) < 4.78 is 0. The topological polar surface area (TPSA) is 28.2 Å². The quantitative estimate of drug-likeness (QED) is 0.884. The van der Waals surface area contributed by atoms with E-state index in [1.165, 1.54) is 12.2 Å². The maximum Gasteiger partial charge on any atom is 0.128 e. The standard InChI is InChI=1S/C14H23N3S/c1-4-17(5-2)14-7-6-12(9-15-14)16-13-8-11(3)18-10-13/h6-7,9,11,13,16H,4-5,8,10H2,1-3H3. The van der Waals surface area contributed by atoms with Crippen molar-refractivity contribution in [2.45, 2.75) is 38.5 Å².